The molecule has 1 aromatic carbocycles. The maximum Gasteiger partial charge on any atom is 0.250 e. The van der Waals surface area contributed by atoms with Crippen LogP contribution in [0.15, 0.2) is 70.9 Å². The van der Waals surface area contributed by atoms with Gasteiger partial charge in [-0.1, -0.05) is 54.2 Å². The second-order valence-corrected chi connectivity index (χ2v) is 5.48. The number of amides is 1. The average molecular weight is 311 g/mol. The van der Waals surface area contributed by atoms with Crippen molar-refractivity contribution in [1.82, 2.24) is 10.4 Å². The molecule has 0 spiro atoms. The van der Waals surface area contributed by atoms with Crippen molar-refractivity contribution in [3.63, 3.8) is 0 Å². The van der Waals surface area contributed by atoms with E-state index in [0.29, 0.717) is 0 Å². The fraction of sp³-hybridized carbons (Fsp3) is 0.118. The first-order chi connectivity index (χ1) is 10.7. The van der Waals surface area contributed by atoms with Gasteiger partial charge in [0.1, 0.15) is 0 Å². The van der Waals surface area contributed by atoms with Crippen LogP contribution < -0.4 is 5.43 Å². The van der Waals surface area contributed by atoms with Crippen LogP contribution in [-0.4, -0.2) is 22.4 Å². The number of carbonyl (C=O) groups excluding carboxylic acids is 1. The Hall–Kier alpha value is -2.40. The summed E-state index contributed by atoms with van der Waals surface area (Å²) in [6, 6.07) is 15.5. The molecule has 0 unspecified atom stereocenters. The molecular formula is C17H17N3OS. The number of nitrogens with zero attached hydrogens (tertiary/aromatic N) is 2. The summed E-state index contributed by atoms with van der Waals surface area (Å²) in [5.41, 5.74) is 4.37. The molecule has 0 aliphatic heterocycles. The number of nitrogens with one attached hydrogen (secondary N) is 1. The normalized spacial score (nSPS) is 11.6. The number of pyridine rings is 1. The first-order valence-corrected chi connectivity index (χ1v) is 7.83. The summed E-state index contributed by atoms with van der Waals surface area (Å²) >= 11 is 1.38. The summed E-state index contributed by atoms with van der Waals surface area (Å²) in [7, 11) is 0. The molecule has 2 aromatic rings. The van der Waals surface area contributed by atoms with Gasteiger partial charge in [0.2, 0.25) is 5.91 Å². The van der Waals surface area contributed by atoms with Gasteiger partial charge in [-0.3, -0.25) is 4.79 Å². The minimum absolute atomic E-state index is 0.150. The van der Waals surface area contributed by atoms with E-state index < -0.39 is 0 Å². The second-order valence-electron chi connectivity index (χ2n) is 4.49. The highest BCUT2D eigenvalue weighted by molar-refractivity contribution is 7.99. The summed E-state index contributed by atoms with van der Waals surface area (Å²) in [5, 5.41) is 4.87. The van der Waals surface area contributed by atoms with Crippen LogP contribution in [0.4, 0.5) is 0 Å². The second kappa shape index (κ2) is 8.79. The maximum atomic E-state index is 11.7. The summed E-state index contributed by atoms with van der Waals surface area (Å²) in [5.74, 6) is 0.138. The van der Waals surface area contributed by atoms with Gasteiger partial charge in [-0.05, 0) is 30.7 Å². The highest BCUT2D eigenvalue weighted by atomic mass is 32.2. The lowest BCUT2D eigenvalue weighted by atomic mass is 10.2. The van der Waals surface area contributed by atoms with Crippen LogP contribution in [-0.2, 0) is 4.79 Å². The fourth-order valence-electron chi connectivity index (χ4n) is 1.57. The van der Waals surface area contributed by atoms with Gasteiger partial charge in [0.15, 0.2) is 0 Å². The molecule has 0 saturated heterocycles. The predicted octanol–water partition coefficient (Wildman–Crippen LogP) is 3.38. The Morgan fingerprint density at radius 2 is 2.00 bits per heavy atom. The largest absolute Gasteiger partial charge is 0.272 e. The van der Waals surface area contributed by atoms with E-state index in [1.54, 1.807) is 6.20 Å². The van der Waals surface area contributed by atoms with Gasteiger partial charge in [-0.15, -0.1) is 0 Å². The third-order valence-electron chi connectivity index (χ3n) is 2.66. The monoisotopic (exact) mass is 311 g/mol. The lowest BCUT2D eigenvalue weighted by Crippen LogP contribution is -2.20. The number of carbonyl (C=O) groups is 1. The molecule has 0 aliphatic carbocycles. The van der Waals surface area contributed by atoms with E-state index in [1.165, 1.54) is 11.8 Å². The topological polar surface area (TPSA) is 54.4 Å². The molecule has 1 aromatic heterocycles. The van der Waals surface area contributed by atoms with Crippen LogP contribution in [0.1, 0.15) is 12.5 Å². The Morgan fingerprint density at radius 3 is 2.73 bits per heavy atom. The zero-order chi connectivity index (χ0) is 15.6. The molecule has 1 heterocycles. The Morgan fingerprint density at radius 1 is 1.23 bits per heavy atom. The van der Waals surface area contributed by atoms with Crippen molar-refractivity contribution in [2.24, 2.45) is 5.10 Å². The van der Waals surface area contributed by atoms with Gasteiger partial charge in [-0.2, -0.15) is 5.10 Å². The van der Waals surface area contributed by atoms with Crippen LogP contribution in [0, 0.1) is 0 Å². The molecule has 2 rings (SSSR count). The molecule has 0 radical (unpaired) electrons. The number of aromatic nitrogens is 1. The van der Waals surface area contributed by atoms with Gasteiger partial charge < -0.3 is 0 Å². The van der Waals surface area contributed by atoms with Crippen molar-refractivity contribution in [2.75, 3.05) is 5.75 Å². The molecule has 1 N–H and O–H groups in total. The Kier molecular flexibility index (Phi) is 6.39. The molecule has 0 aliphatic rings. The number of thioether (sulfide) groups is 1. The van der Waals surface area contributed by atoms with Crippen molar-refractivity contribution in [3.8, 4) is 0 Å². The first kappa shape index (κ1) is 16.0. The fourth-order valence-corrected chi connectivity index (χ4v) is 2.23. The number of hydrazone groups is 1. The number of benzene rings is 1. The number of hydrogen-bond acceptors (Lipinski definition) is 4. The highest BCUT2D eigenvalue weighted by Crippen LogP contribution is 2.12. The third-order valence-corrected chi connectivity index (χ3v) is 3.61. The lowest BCUT2D eigenvalue weighted by molar-refractivity contribution is -0.118. The van der Waals surface area contributed by atoms with Crippen molar-refractivity contribution < 1.29 is 4.79 Å². The molecule has 1 amide bonds. The van der Waals surface area contributed by atoms with Crippen LogP contribution in [0.25, 0.3) is 6.08 Å². The molecule has 5 heteroatoms. The number of rotatable bonds is 6. The van der Waals surface area contributed by atoms with Crippen LogP contribution in [0.5, 0.6) is 0 Å². The Balaban J connectivity index is 1.78. The van der Waals surface area contributed by atoms with Gasteiger partial charge >= 0.3 is 0 Å². The van der Waals surface area contributed by atoms with E-state index in [0.717, 1.165) is 16.3 Å². The van der Waals surface area contributed by atoms with E-state index in [1.807, 2.05) is 67.6 Å². The van der Waals surface area contributed by atoms with Gasteiger partial charge in [0.25, 0.3) is 0 Å². The van der Waals surface area contributed by atoms with E-state index in [2.05, 4.69) is 15.5 Å². The maximum absolute atomic E-state index is 11.7. The first-order valence-electron chi connectivity index (χ1n) is 6.84. The van der Waals surface area contributed by atoms with Crippen LogP contribution in [0.2, 0.25) is 0 Å². The zero-order valence-electron chi connectivity index (χ0n) is 12.3. The molecule has 4 nitrogen and oxygen atoms in total. The standard InChI is InChI=1S/C17H17N3OS/c1-14(10-11-15-7-3-2-4-8-15)19-20-16(21)13-22-17-9-5-6-12-18-17/h2-12H,13H2,1H3,(H,20,21)/b11-10+,19-14+. The van der Waals surface area contributed by atoms with E-state index in [-0.39, 0.29) is 11.7 Å². The minimum atomic E-state index is -0.150. The molecule has 0 fully saturated rings. The molecule has 0 bridgehead atoms. The molecular weight excluding hydrogens is 294 g/mol. The number of allylic oxidation sites excluding steroid dienone is 1. The van der Waals surface area contributed by atoms with Gasteiger partial charge in [0.05, 0.1) is 16.5 Å². The summed E-state index contributed by atoms with van der Waals surface area (Å²) in [6.45, 7) is 1.84. The number of hydrogen-bond donors (Lipinski definition) is 1. The molecule has 0 atom stereocenters. The van der Waals surface area contributed by atoms with Gasteiger partial charge in [-0.25, -0.2) is 10.4 Å². The summed E-state index contributed by atoms with van der Waals surface area (Å²) in [6.07, 6.45) is 5.52. The van der Waals surface area contributed by atoms with E-state index in [4.69, 9.17) is 0 Å². The smallest absolute Gasteiger partial charge is 0.250 e. The molecule has 22 heavy (non-hydrogen) atoms. The van der Waals surface area contributed by atoms with E-state index >= 15 is 0 Å². The predicted molar refractivity (Wildman–Crippen MR) is 91.7 cm³/mol. The van der Waals surface area contributed by atoms with Crippen LogP contribution >= 0.6 is 11.8 Å². The molecule has 112 valence electrons. The summed E-state index contributed by atoms with van der Waals surface area (Å²) in [4.78, 5) is 15.8. The Labute approximate surface area is 134 Å². The quantitative estimate of drug-likeness (QED) is 0.505. The van der Waals surface area contributed by atoms with Gasteiger partial charge in [0, 0.05) is 6.20 Å². The van der Waals surface area contributed by atoms with Crippen molar-refractivity contribution >= 4 is 29.5 Å². The minimum Gasteiger partial charge on any atom is -0.272 e. The van der Waals surface area contributed by atoms with Crippen molar-refractivity contribution in [2.45, 2.75) is 11.9 Å². The van der Waals surface area contributed by atoms with E-state index in [9.17, 15) is 4.79 Å². The Bertz CT molecular complexity index is 654. The average Bonchev–Trinajstić information content (AvgIpc) is 2.58. The lowest BCUT2D eigenvalue weighted by Gasteiger charge is -2.00. The molecule has 0 saturated carbocycles. The zero-order valence-corrected chi connectivity index (χ0v) is 13.1. The van der Waals surface area contributed by atoms with Crippen LogP contribution in [0.3, 0.4) is 0 Å². The van der Waals surface area contributed by atoms with Crippen molar-refractivity contribution in [1.29, 1.82) is 0 Å². The van der Waals surface area contributed by atoms with Crippen molar-refractivity contribution in [3.05, 3.63) is 66.4 Å². The third kappa shape index (κ3) is 5.93. The SMILES string of the molecule is CC(/C=C/c1ccccc1)=N\NC(=O)CSc1ccccn1. The summed E-state index contributed by atoms with van der Waals surface area (Å²) < 4.78 is 0. The highest BCUT2D eigenvalue weighted by Gasteiger charge is 2.01.